The number of nitrogens with one attached hydrogen (secondary N) is 1. The summed E-state index contributed by atoms with van der Waals surface area (Å²) in [6.45, 7) is 2.67. The third-order valence-electron chi connectivity index (χ3n) is 1.84. The van der Waals surface area contributed by atoms with E-state index in [0.29, 0.717) is 25.3 Å². The smallest absolute Gasteiger partial charge is 0.307 e. The minimum atomic E-state index is -0.225. The summed E-state index contributed by atoms with van der Waals surface area (Å²) in [7, 11) is 0. The number of ether oxygens (including phenoxy) is 1. The minimum absolute atomic E-state index is 0.225. The third-order valence-corrected chi connectivity index (χ3v) is 1.84. The summed E-state index contributed by atoms with van der Waals surface area (Å²) in [5.74, 6) is -0.225. The Bertz CT molecular complexity index is 381. The van der Waals surface area contributed by atoms with Gasteiger partial charge in [0, 0.05) is 6.54 Å². The van der Waals surface area contributed by atoms with Crippen molar-refractivity contribution in [3.05, 3.63) is 24.0 Å². The summed E-state index contributed by atoms with van der Waals surface area (Å²) in [6, 6.07) is 5.30. The molecule has 1 aromatic heterocycles. The van der Waals surface area contributed by atoms with Gasteiger partial charge < -0.3 is 10.1 Å². The van der Waals surface area contributed by atoms with Crippen molar-refractivity contribution >= 4 is 11.7 Å². The molecule has 0 saturated carbocycles. The zero-order valence-electron chi connectivity index (χ0n) is 9.06. The van der Waals surface area contributed by atoms with Gasteiger partial charge in [-0.05, 0) is 19.1 Å². The van der Waals surface area contributed by atoms with Gasteiger partial charge in [0.25, 0.3) is 0 Å². The van der Waals surface area contributed by atoms with Crippen LogP contribution in [0.3, 0.4) is 0 Å². The van der Waals surface area contributed by atoms with E-state index in [0.717, 1.165) is 5.69 Å². The Morgan fingerprint density at radius 2 is 2.44 bits per heavy atom. The largest absolute Gasteiger partial charge is 0.466 e. The molecule has 0 aliphatic heterocycles. The number of carbonyl (C=O) groups excluding carboxylic acids is 1. The van der Waals surface area contributed by atoms with Crippen molar-refractivity contribution in [2.75, 3.05) is 18.5 Å². The van der Waals surface area contributed by atoms with Crippen molar-refractivity contribution in [2.45, 2.75) is 13.3 Å². The molecule has 0 aliphatic carbocycles. The summed E-state index contributed by atoms with van der Waals surface area (Å²) in [5, 5.41) is 11.6. The standard InChI is InChI=1S/C11H13N3O2/c1-2-16-11(15)5-6-13-10-4-3-9(7-12)14-8-10/h3-4,8,13H,2,5-6H2,1H3. The van der Waals surface area contributed by atoms with Gasteiger partial charge in [-0.15, -0.1) is 0 Å². The van der Waals surface area contributed by atoms with E-state index in [4.69, 9.17) is 10.00 Å². The van der Waals surface area contributed by atoms with Crippen LogP contribution in [0.1, 0.15) is 19.0 Å². The zero-order valence-corrected chi connectivity index (χ0v) is 9.06. The topological polar surface area (TPSA) is 75.0 Å². The van der Waals surface area contributed by atoms with Gasteiger partial charge in [0.15, 0.2) is 0 Å². The lowest BCUT2D eigenvalue weighted by molar-refractivity contribution is -0.142. The van der Waals surface area contributed by atoms with E-state index in [2.05, 4.69) is 10.3 Å². The fourth-order valence-corrected chi connectivity index (χ4v) is 1.11. The maximum atomic E-state index is 11.0. The van der Waals surface area contributed by atoms with Crippen LogP contribution in [0.5, 0.6) is 0 Å². The average molecular weight is 219 g/mol. The van der Waals surface area contributed by atoms with Gasteiger partial charge in [-0.3, -0.25) is 4.79 Å². The Morgan fingerprint density at radius 3 is 3.00 bits per heavy atom. The van der Waals surface area contributed by atoms with Crippen LogP contribution in [-0.4, -0.2) is 24.1 Å². The van der Waals surface area contributed by atoms with Crippen molar-refractivity contribution in [1.29, 1.82) is 5.26 Å². The van der Waals surface area contributed by atoms with Crippen molar-refractivity contribution in [2.24, 2.45) is 0 Å². The highest BCUT2D eigenvalue weighted by Crippen LogP contribution is 2.05. The first-order valence-corrected chi connectivity index (χ1v) is 5.02. The number of rotatable bonds is 5. The summed E-state index contributed by atoms with van der Waals surface area (Å²) < 4.78 is 4.78. The van der Waals surface area contributed by atoms with Crippen molar-refractivity contribution < 1.29 is 9.53 Å². The molecular weight excluding hydrogens is 206 g/mol. The second-order valence-corrected chi connectivity index (χ2v) is 3.03. The van der Waals surface area contributed by atoms with E-state index in [1.54, 1.807) is 25.3 Å². The van der Waals surface area contributed by atoms with Gasteiger partial charge >= 0.3 is 5.97 Å². The molecule has 0 saturated heterocycles. The Kier molecular flexibility index (Phi) is 4.80. The summed E-state index contributed by atoms with van der Waals surface area (Å²) in [6.07, 6.45) is 1.87. The van der Waals surface area contributed by atoms with E-state index in [1.807, 2.05) is 6.07 Å². The fourth-order valence-electron chi connectivity index (χ4n) is 1.11. The van der Waals surface area contributed by atoms with Crippen molar-refractivity contribution in [3.8, 4) is 6.07 Å². The summed E-state index contributed by atoms with van der Waals surface area (Å²) in [5.41, 5.74) is 1.15. The number of nitrogens with zero attached hydrogens (tertiary/aromatic N) is 2. The van der Waals surface area contributed by atoms with Crippen LogP contribution in [0, 0.1) is 11.3 Å². The first kappa shape index (κ1) is 12.0. The maximum Gasteiger partial charge on any atom is 0.307 e. The predicted octanol–water partition coefficient (Wildman–Crippen LogP) is 1.32. The van der Waals surface area contributed by atoms with Crippen molar-refractivity contribution in [3.63, 3.8) is 0 Å². The Labute approximate surface area is 94.1 Å². The van der Waals surface area contributed by atoms with E-state index >= 15 is 0 Å². The van der Waals surface area contributed by atoms with Gasteiger partial charge in [-0.1, -0.05) is 0 Å². The van der Waals surface area contributed by atoms with Gasteiger partial charge in [0.05, 0.1) is 24.9 Å². The van der Waals surface area contributed by atoms with Crippen LogP contribution in [0.25, 0.3) is 0 Å². The molecule has 0 spiro atoms. The molecule has 1 aromatic rings. The van der Waals surface area contributed by atoms with E-state index in [1.165, 1.54) is 0 Å². The van der Waals surface area contributed by atoms with Gasteiger partial charge in [0.1, 0.15) is 11.8 Å². The van der Waals surface area contributed by atoms with Crippen molar-refractivity contribution in [1.82, 2.24) is 4.98 Å². The lowest BCUT2D eigenvalue weighted by atomic mass is 10.3. The molecular formula is C11H13N3O2. The number of hydrogen-bond donors (Lipinski definition) is 1. The lowest BCUT2D eigenvalue weighted by Gasteiger charge is -2.05. The monoisotopic (exact) mass is 219 g/mol. The molecule has 1 heterocycles. The highest BCUT2D eigenvalue weighted by molar-refractivity contribution is 5.70. The normalized spacial score (nSPS) is 9.25. The number of hydrogen-bond acceptors (Lipinski definition) is 5. The van der Waals surface area contributed by atoms with Gasteiger partial charge in [-0.25, -0.2) is 4.98 Å². The summed E-state index contributed by atoms with van der Waals surface area (Å²) in [4.78, 5) is 14.9. The molecule has 5 heteroatoms. The van der Waals surface area contributed by atoms with E-state index in [9.17, 15) is 4.79 Å². The number of esters is 1. The SMILES string of the molecule is CCOC(=O)CCNc1ccc(C#N)nc1. The molecule has 0 fully saturated rings. The second-order valence-electron chi connectivity index (χ2n) is 3.03. The zero-order chi connectivity index (χ0) is 11.8. The number of pyridine rings is 1. The highest BCUT2D eigenvalue weighted by Gasteiger charge is 2.00. The first-order valence-electron chi connectivity index (χ1n) is 5.02. The number of carbonyl (C=O) groups is 1. The first-order chi connectivity index (χ1) is 7.76. The molecule has 0 aliphatic rings. The molecule has 0 bridgehead atoms. The van der Waals surface area contributed by atoms with Crippen LogP contribution in [-0.2, 0) is 9.53 Å². The quantitative estimate of drug-likeness (QED) is 0.756. The fraction of sp³-hybridized carbons (Fsp3) is 0.364. The minimum Gasteiger partial charge on any atom is -0.466 e. The predicted molar refractivity (Wildman–Crippen MR) is 58.7 cm³/mol. The van der Waals surface area contributed by atoms with Crippen LogP contribution in [0.2, 0.25) is 0 Å². The lowest BCUT2D eigenvalue weighted by Crippen LogP contribution is -2.11. The van der Waals surface area contributed by atoms with Gasteiger partial charge in [-0.2, -0.15) is 5.26 Å². The third kappa shape index (κ3) is 3.96. The molecule has 0 amide bonds. The molecule has 1 N–H and O–H groups in total. The Morgan fingerprint density at radius 1 is 1.62 bits per heavy atom. The molecule has 16 heavy (non-hydrogen) atoms. The van der Waals surface area contributed by atoms with Crippen LogP contribution in [0.15, 0.2) is 18.3 Å². The highest BCUT2D eigenvalue weighted by atomic mass is 16.5. The van der Waals surface area contributed by atoms with Gasteiger partial charge in [0.2, 0.25) is 0 Å². The van der Waals surface area contributed by atoms with E-state index < -0.39 is 0 Å². The summed E-state index contributed by atoms with van der Waals surface area (Å²) >= 11 is 0. The van der Waals surface area contributed by atoms with Crippen LogP contribution >= 0.6 is 0 Å². The molecule has 84 valence electrons. The molecule has 0 radical (unpaired) electrons. The molecule has 5 nitrogen and oxygen atoms in total. The van der Waals surface area contributed by atoms with Crippen LogP contribution in [0.4, 0.5) is 5.69 Å². The van der Waals surface area contributed by atoms with Crippen LogP contribution < -0.4 is 5.32 Å². The number of anilines is 1. The maximum absolute atomic E-state index is 11.0. The average Bonchev–Trinajstić information content (AvgIpc) is 2.30. The Balaban J connectivity index is 2.32. The van der Waals surface area contributed by atoms with E-state index in [-0.39, 0.29) is 5.97 Å². The second kappa shape index (κ2) is 6.40. The molecule has 1 rings (SSSR count). The Hall–Kier alpha value is -2.09. The molecule has 0 unspecified atom stereocenters. The number of aromatic nitrogens is 1. The number of nitriles is 1. The molecule has 0 aromatic carbocycles. The molecule has 0 atom stereocenters.